The van der Waals surface area contributed by atoms with Crippen molar-refractivity contribution in [2.45, 2.75) is 5.79 Å². The van der Waals surface area contributed by atoms with E-state index in [-0.39, 0.29) is 16.4 Å². The van der Waals surface area contributed by atoms with Crippen molar-refractivity contribution in [1.82, 2.24) is 5.32 Å². The number of hydrogen-bond acceptors (Lipinski definition) is 4. The van der Waals surface area contributed by atoms with Gasteiger partial charge in [-0.3, -0.25) is 5.73 Å². The first-order valence-electron chi connectivity index (χ1n) is 4.56. The van der Waals surface area contributed by atoms with Crippen LogP contribution in [0, 0.1) is 5.82 Å². The van der Waals surface area contributed by atoms with Gasteiger partial charge in [0.2, 0.25) is 5.79 Å². The highest BCUT2D eigenvalue weighted by molar-refractivity contribution is 6.30. The van der Waals surface area contributed by atoms with Gasteiger partial charge in [0.05, 0.1) is 10.6 Å². The van der Waals surface area contributed by atoms with E-state index >= 15 is 0 Å². The maximum Gasteiger partial charge on any atom is 0.213 e. The standard InChI is InChI=1S/C10H10ClFN4/c11-7-3-1-2-6(9(7)12)10(14)15-5-4-8(13)16-10/h1-5,15H,14H2,(H2,13,16). The number of rotatable bonds is 1. The van der Waals surface area contributed by atoms with Gasteiger partial charge in [0.15, 0.2) is 5.82 Å². The van der Waals surface area contributed by atoms with E-state index in [2.05, 4.69) is 10.3 Å². The topological polar surface area (TPSA) is 76.4 Å². The van der Waals surface area contributed by atoms with Gasteiger partial charge in [0.25, 0.3) is 0 Å². The summed E-state index contributed by atoms with van der Waals surface area (Å²) in [7, 11) is 0. The Hall–Kier alpha value is -1.59. The molecule has 6 heteroatoms. The summed E-state index contributed by atoms with van der Waals surface area (Å²) in [5.41, 5.74) is 11.6. The van der Waals surface area contributed by atoms with E-state index in [4.69, 9.17) is 23.1 Å². The molecule has 0 aliphatic carbocycles. The summed E-state index contributed by atoms with van der Waals surface area (Å²) in [5.74, 6) is -1.79. The van der Waals surface area contributed by atoms with E-state index in [1.807, 2.05) is 0 Å². The molecule has 1 unspecified atom stereocenters. The van der Waals surface area contributed by atoms with Crippen LogP contribution in [0.5, 0.6) is 0 Å². The second-order valence-electron chi connectivity index (χ2n) is 3.38. The van der Waals surface area contributed by atoms with Gasteiger partial charge in [-0.15, -0.1) is 0 Å². The van der Waals surface area contributed by atoms with Gasteiger partial charge in [-0.2, -0.15) is 0 Å². The molecule has 84 valence electrons. The molecule has 0 saturated heterocycles. The third-order valence-electron chi connectivity index (χ3n) is 2.23. The van der Waals surface area contributed by atoms with Gasteiger partial charge in [-0.1, -0.05) is 23.7 Å². The summed E-state index contributed by atoms with van der Waals surface area (Å²) in [6, 6.07) is 4.54. The van der Waals surface area contributed by atoms with Crippen molar-refractivity contribution in [3.05, 3.63) is 46.9 Å². The summed E-state index contributed by atoms with van der Waals surface area (Å²) >= 11 is 5.68. The number of hydrogen-bond donors (Lipinski definition) is 3. The zero-order chi connectivity index (χ0) is 11.8. The molecule has 4 nitrogen and oxygen atoms in total. The van der Waals surface area contributed by atoms with Gasteiger partial charge in [0.1, 0.15) is 5.84 Å². The molecule has 1 aliphatic rings. The highest BCUT2D eigenvalue weighted by Crippen LogP contribution is 2.26. The van der Waals surface area contributed by atoms with Crippen LogP contribution in [-0.2, 0) is 5.79 Å². The minimum absolute atomic E-state index is 0.00699. The van der Waals surface area contributed by atoms with E-state index in [1.165, 1.54) is 24.4 Å². The summed E-state index contributed by atoms with van der Waals surface area (Å²) in [6.45, 7) is 0. The Kier molecular flexibility index (Phi) is 2.57. The molecule has 2 rings (SSSR count). The maximum atomic E-state index is 13.8. The minimum Gasteiger partial charge on any atom is -0.384 e. The molecule has 1 aromatic rings. The Balaban J connectivity index is 2.52. The maximum absolute atomic E-state index is 13.8. The van der Waals surface area contributed by atoms with Crippen molar-refractivity contribution in [3.8, 4) is 0 Å². The molecular weight excluding hydrogens is 231 g/mol. The summed E-state index contributed by atoms with van der Waals surface area (Å²) in [4.78, 5) is 3.96. The van der Waals surface area contributed by atoms with Gasteiger partial charge in [-0.25, -0.2) is 9.38 Å². The Morgan fingerprint density at radius 3 is 2.88 bits per heavy atom. The molecule has 1 aromatic carbocycles. The molecule has 0 amide bonds. The predicted octanol–water partition coefficient (Wildman–Crippen LogP) is 1.02. The predicted molar refractivity (Wildman–Crippen MR) is 61.2 cm³/mol. The zero-order valence-corrected chi connectivity index (χ0v) is 9.00. The SMILES string of the molecule is NC1=NC(N)(c2cccc(Cl)c2F)NC=C1. The van der Waals surface area contributed by atoms with Gasteiger partial charge >= 0.3 is 0 Å². The van der Waals surface area contributed by atoms with Crippen molar-refractivity contribution in [1.29, 1.82) is 0 Å². The van der Waals surface area contributed by atoms with Gasteiger partial charge in [-0.05, 0) is 12.1 Å². The van der Waals surface area contributed by atoms with Crippen molar-refractivity contribution in [2.75, 3.05) is 0 Å². The number of aliphatic imine (C=N–C) groups is 1. The Labute approximate surface area is 96.8 Å². The molecule has 1 heterocycles. The van der Waals surface area contributed by atoms with E-state index in [9.17, 15) is 4.39 Å². The number of amidine groups is 1. The van der Waals surface area contributed by atoms with Crippen LogP contribution >= 0.6 is 11.6 Å². The smallest absolute Gasteiger partial charge is 0.213 e. The number of halogens is 2. The van der Waals surface area contributed by atoms with Crippen molar-refractivity contribution < 1.29 is 4.39 Å². The number of nitrogens with two attached hydrogens (primary N) is 2. The van der Waals surface area contributed by atoms with Crippen molar-refractivity contribution >= 4 is 17.4 Å². The quantitative estimate of drug-likeness (QED) is 0.686. The first-order valence-corrected chi connectivity index (χ1v) is 4.94. The molecule has 0 radical (unpaired) electrons. The van der Waals surface area contributed by atoms with Crippen LogP contribution in [0.4, 0.5) is 4.39 Å². The summed E-state index contributed by atoms with van der Waals surface area (Å²) in [5, 5.41) is 2.73. The molecule has 0 fully saturated rings. The average Bonchev–Trinajstić information content (AvgIpc) is 2.21. The second-order valence-corrected chi connectivity index (χ2v) is 3.79. The molecule has 5 N–H and O–H groups in total. The van der Waals surface area contributed by atoms with Crippen molar-refractivity contribution in [2.24, 2.45) is 16.5 Å². The highest BCUT2D eigenvalue weighted by atomic mass is 35.5. The van der Waals surface area contributed by atoms with E-state index < -0.39 is 11.6 Å². The molecule has 16 heavy (non-hydrogen) atoms. The fraction of sp³-hybridized carbons (Fsp3) is 0.100. The first kappa shape index (κ1) is 10.9. The molecule has 1 aliphatic heterocycles. The van der Waals surface area contributed by atoms with Crippen molar-refractivity contribution in [3.63, 3.8) is 0 Å². The Morgan fingerprint density at radius 1 is 1.44 bits per heavy atom. The third-order valence-corrected chi connectivity index (χ3v) is 2.52. The van der Waals surface area contributed by atoms with Crippen LogP contribution in [0.2, 0.25) is 5.02 Å². The zero-order valence-electron chi connectivity index (χ0n) is 8.24. The van der Waals surface area contributed by atoms with E-state index in [0.717, 1.165) is 0 Å². The lowest BCUT2D eigenvalue weighted by Crippen LogP contribution is -2.50. The summed E-state index contributed by atoms with van der Waals surface area (Å²) in [6.07, 6.45) is 3.05. The average molecular weight is 241 g/mol. The van der Waals surface area contributed by atoms with Gasteiger partial charge in [0, 0.05) is 6.20 Å². The minimum atomic E-state index is -1.41. The second kappa shape index (κ2) is 3.77. The lowest BCUT2D eigenvalue weighted by molar-refractivity contribution is 0.389. The van der Waals surface area contributed by atoms with E-state index in [1.54, 1.807) is 6.07 Å². The number of nitrogens with zero attached hydrogens (tertiary/aromatic N) is 1. The lowest BCUT2D eigenvalue weighted by Gasteiger charge is -2.29. The molecular formula is C10H10ClFN4. The first-order chi connectivity index (χ1) is 7.53. The van der Waals surface area contributed by atoms with Crippen LogP contribution < -0.4 is 16.8 Å². The van der Waals surface area contributed by atoms with Gasteiger partial charge < -0.3 is 11.1 Å². The van der Waals surface area contributed by atoms with Crippen LogP contribution in [0.25, 0.3) is 0 Å². The molecule has 0 spiro atoms. The lowest BCUT2D eigenvalue weighted by atomic mass is 10.1. The normalized spacial score (nSPS) is 23.8. The molecule has 1 atom stereocenters. The monoisotopic (exact) mass is 240 g/mol. The fourth-order valence-corrected chi connectivity index (χ4v) is 1.64. The van der Waals surface area contributed by atoms with E-state index in [0.29, 0.717) is 0 Å². The molecule has 0 bridgehead atoms. The molecule has 0 aromatic heterocycles. The number of nitrogens with one attached hydrogen (secondary N) is 1. The van der Waals surface area contributed by atoms with Crippen LogP contribution in [0.3, 0.4) is 0 Å². The van der Waals surface area contributed by atoms with Crippen LogP contribution in [0.1, 0.15) is 5.56 Å². The molecule has 0 saturated carbocycles. The Bertz CT molecular complexity index is 486. The van der Waals surface area contributed by atoms with Crippen LogP contribution in [-0.4, -0.2) is 5.84 Å². The largest absolute Gasteiger partial charge is 0.384 e. The third kappa shape index (κ3) is 1.75. The fourth-order valence-electron chi connectivity index (χ4n) is 1.46. The highest BCUT2D eigenvalue weighted by Gasteiger charge is 2.31. The number of benzene rings is 1. The van der Waals surface area contributed by atoms with Crippen LogP contribution in [0.15, 0.2) is 35.5 Å². The summed E-state index contributed by atoms with van der Waals surface area (Å²) < 4.78 is 13.8. The Morgan fingerprint density at radius 2 is 2.19 bits per heavy atom.